The van der Waals surface area contributed by atoms with Gasteiger partial charge in [0.15, 0.2) is 0 Å². The number of hydrogen-bond donors (Lipinski definition) is 1. The summed E-state index contributed by atoms with van der Waals surface area (Å²) in [6.45, 7) is 0. The van der Waals surface area contributed by atoms with Crippen LogP contribution in [0.3, 0.4) is 0 Å². The average Bonchev–Trinajstić information content (AvgIpc) is 2.48. The molecule has 2 rings (SSSR count). The minimum absolute atomic E-state index is 0.0852. The number of amides is 1. The lowest BCUT2D eigenvalue weighted by atomic mass is 10.1. The van der Waals surface area contributed by atoms with Gasteiger partial charge in [0.25, 0.3) is 5.91 Å². The van der Waals surface area contributed by atoms with Crippen molar-refractivity contribution >= 4 is 39.3 Å². The zero-order valence-corrected chi connectivity index (χ0v) is 12.9. The maximum atomic E-state index is 12.0. The van der Waals surface area contributed by atoms with Crippen LogP contribution in [0, 0.1) is 0 Å². The summed E-state index contributed by atoms with van der Waals surface area (Å²) in [7, 11) is 0. The van der Waals surface area contributed by atoms with Crippen LogP contribution in [0.2, 0.25) is 0 Å². The van der Waals surface area contributed by atoms with E-state index in [0.29, 0.717) is 5.56 Å². The highest BCUT2D eigenvalue weighted by Crippen LogP contribution is 2.18. The quantitative estimate of drug-likeness (QED) is 0.655. The van der Waals surface area contributed by atoms with Gasteiger partial charge in [0, 0.05) is 21.5 Å². The largest absolute Gasteiger partial charge is 0.322 e. The first-order valence-electron chi connectivity index (χ1n) is 5.83. The summed E-state index contributed by atoms with van der Waals surface area (Å²) in [5.74, 6) is -0.0852. The van der Waals surface area contributed by atoms with Gasteiger partial charge in [0.05, 0.1) is 0 Å². The molecule has 0 atom stereocenters. The maximum Gasteiger partial charge on any atom is 0.255 e. The Morgan fingerprint density at radius 3 is 2.26 bits per heavy atom. The first kappa shape index (κ1) is 14.2. The molecule has 0 aliphatic heterocycles. The van der Waals surface area contributed by atoms with Gasteiger partial charge in [0.1, 0.15) is 0 Å². The summed E-state index contributed by atoms with van der Waals surface area (Å²) < 4.78 is 0. The van der Waals surface area contributed by atoms with Crippen LogP contribution < -0.4 is 5.32 Å². The first-order valence-corrected chi connectivity index (χ1v) is 8.18. The number of anilines is 1. The van der Waals surface area contributed by atoms with Crippen molar-refractivity contribution in [2.75, 3.05) is 11.6 Å². The molecule has 19 heavy (non-hydrogen) atoms. The molecule has 0 aromatic heterocycles. The van der Waals surface area contributed by atoms with Gasteiger partial charge in [-0.2, -0.15) is 0 Å². The summed E-state index contributed by atoms with van der Waals surface area (Å²) in [4.78, 5) is 13.2. The van der Waals surface area contributed by atoms with Crippen LogP contribution in [0.5, 0.6) is 0 Å². The second-order valence-corrected chi connectivity index (χ2v) is 5.45. The Morgan fingerprint density at radius 1 is 1.11 bits per heavy atom. The summed E-state index contributed by atoms with van der Waals surface area (Å²) in [6, 6.07) is 15.4. The Bertz CT molecular complexity index is 551. The summed E-state index contributed by atoms with van der Waals surface area (Å²) in [5, 5.41) is 3.68. The van der Waals surface area contributed by atoms with E-state index >= 15 is 0 Å². The molecule has 2 aromatic rings. The van der Waals surface area contributed by atoms with Gasteiger partial charge in [-0.25, -0.2) is 0 Å². The molecule has 0 aliphatic rings. The van der Waals surface area contributed by atoms with E-state index in [1.807, 2.05) is 54.8 Å². The van der Waals surface area contributed by atoms with E-state index in [2.05, 4.69) is 21.2 Å². The third-order valence-electron chi connectivity index (χ3n) is 2.72. The minimum atomic E-state index is -0.0852. The number of nitrogens with one attached hydrogen (secondary N) is 1. The smallest absolute Gasteiger partial charge is 0.255 e. The number of halogens is 1. The molecular formula is C15H14BrNOS. The Labute approximate surface area is 125 Å². The molecule has 0 fully saturated rings. The van der Waals surface area contributed by atoms with Crippen LogP contribution in [0.1, 0.15) is 15.9 Å². The van der Waals surface area contributed by atoms with Gasteiger partial charge >= 0.3 is 0 Å². The predicted octanol–water partition coefficient (Wildman–Crippen LogP) is 4.56. The molecule has 2 nitrogen and oxygen atoms in total. The highest BCUT2D eigenvalue weighted by Gasteiger charge is 2.05. The lowest BCUT2D eigenvalue weighted by Gasteiger charge is -2.06. The molecule has 0 radical (unpaired) electrons. The van der Waals surface area contributed by atoms with E-state index in [9.17, 15) is 4.79 Å². The topological polar surface area (TPSA) is 29.1 Å². The second kappa shape index (κ2) is 6.78. The van der Waals surface area contributed by atoms with Gasteiger partial charge in [-0.1, -0.05) is 28.1 Å². The van der Waals surface area contributed by atoms with Gasteiger partial charge in [-0.3, -0.25) is 4.79 Å². The van der Waals surface area contributed by atoms with E-state index in [0.717, 1.165) is 16.6 Å². The van der Waals surface area contributed by atoms with Gasteiger partial charge in [0.2, 0.25) is 0 Å². The van der Waals surface area contributed by atoms with Crippen molar-refractivity contribution in [2.24, 2.45) is 0 Å². The molecule has 0 heterocycles. The van der Waals surface area contributed by atoms with E-state index in [1.54, 1.807) is 11.8 Å². The van der Waals surface area contributed by atoms with Crippen molar-refractivity contribution in [2.45, 2.75) is 10.2 Å². The molecule has 0 aliphatic carbocycles. The van der Waals surface area contributed by atoms with E-state index in [4.69, 9.17) is 0 Å². The second-order valence-electron chi connectivity index (χ2n) is 4.01. The van der Waals surface area contributed by atoms with Crippen molar-refractivity contribution in [3.8, 4) is 0 Å². The molecule has 0 spiro atoms. The summed E-state index contributed by atoms with van der Waals surface area (Å²) >= 11 is 5.06. The van der Waals surface area contributed by atoms with Crippen LogP contribution in [0.4, 0.5) is 5.69 Å². The van der Waals surface area contributed by atoms with Crippen molar-refractivity contribution in [1.82, 2.24) is 0 Å². The Morgan fingerprint density at radius 2 is 1.74 bits per heavy atom. The fraction of sp³-hybridized carbons (Fsp3) is 0.133. The van der Waals surface area contributed by atoms with Crippen molar-refractivity contribution in [1.29, 1.82) is 0 Å². The van der Waals surface area contributed by atoms with Gasteiger partial charge in [-0.15, -0.1) is 11.8 Å². The number of hydrogen-bond acceptors (Lipinski definition) is 2. The third-order valence-corrected chi connectivity index (χ3v) is 4.11. The zero-order valence-electron chi connectivity index (χ0n) is 10.5. The van der Waals surface area contributed by atoms with Crippen LogP contribution in [-0.2, 0) is 5.33 Å². The predicted molar refractivity (Wildman–Crippen MR) is 85.2 cm³/mol. The van der Waals surface area contributed by atoms with Crippen LogP contribution in [0.15, 0.2) is 53.4 Å². The summed E-state index contributed by atoms with van der Waals surface area (Å²) in [6.07, 6.45) is 2.03. The molecule has 98 valence electrons. The van der Waals surface area contributed by atoms with Crippen molar-refractivity contribution in [3.63, 3.8) is 0 Å². The molecule has 0 bridgehead atoms. The van der Waals surface area contributed by atoms with Gasteiger partial charge in [-0.05, 0) is 48.2 Å². The maximum absolute atomic E-state index is 12.0. The SMILES string of the molecule is CSc1ccc(NC(=O)c2ccc(CBr)cc2)cc1. The van der Waals surface area contributed by atoms with E-state index in [-0.39, 0.29) is 5.91 Å². The van der Waals surface area contributed by atoms with E-state index in [1.165, 1.54) is 4.90 Å². The molecule has 4 heteroatoms. The Kier molecular flexibility index (Phi) is 5.05. The van der Waals surface area contributed by atoms with Crippen LogP contribution in [-0.4, -0.2) is 12.2 Å². The zero-order chi connectivity index (χ0) is 13.7. The molecular weight excluding hydrogens is 322 g/mol. The Hall–Kier alpha value is -1.26. The number of benzene rings is 2. The molecule has 1 amide bonds. The molecule has 1 N–H and O–H groups in total. The third kappa shape index (κ3) is 3.85. The van der Waals surface area contributed by atoms with Crippen molar-refractivity contribution < 1.29 is 4.79 Å². The monoisotopic (exact) mass is 335 g/mol. The summed E-state index contributed by atoms with van der Waals surface area (Å²) in [5.41, 5.74) is 2.63. The molecule has 0 unspecified atom stereocenters. The lowest BCUT2D eigenvalue weighted by Crippen LogP contribution is -2.11. The Balaban J connectivity index is 2.06. The highest BCUT2D eigenvalue weighted by atomic mass is 79.9. The number of carbonyl (C=O) groups is 1. The van der Waals surface area contributed by atoms with Crippen LogP contribution >= 0.6 is 27.7 Å². The molecule has 0 saturated heterocycles. The van der Waals surface area contributed by atoms with E-state index < -0.39 is 0 Å². The standard InChI is InChI=1S/C15H14BrNOS/c1-19-14-8-6-13(7-9-14)17-15(18)12-4-2-11(10-16)3-5-12/h2-9H,10H2,1H3,(H,17,18). The number of rotatable bonds is 4. The average molecular weight is 336 g/mol. The fourth-order valence-electron chi connectivity index (χ4n) is 1.62. The number of thioether (sulfide) groups is 1. The normalized spacial score (nSPS) is 10.2. The lowest BCUT2D eigenvalue weighted by molar-refractivity contribution is 0.102. The molecule has 0 saturated carbocycles. The minimum Gasteiger partial charge on any atom is -0.322 e. The molecule has 2 aromatic carbocycles. The number of carbonyl (C=O) groups excluding carboxylic acids is 1. The fourth-order valence-corrected chi connectivity index (χ4v) is 2.40. The first-order chi connectivity index (χ1) is 9.22. The van der Waals surface area contributed by atoms with Crippen molar-refractivity contribution in [3.05, 3.63) is 59.7 Å². The van der Waals surface area contributed by atoms with Crippen LogP contribution in [0.25, 0.3) is 0 Å². The van der Waals surface area contributed by atoms with Gasteiger partial charge < -0.3 is 5.32 Å². The highest BCUT2D eigenvalue weighted by molar-refractivity contribution is 9.08. The number of alkyl halides is 1.